The Balaban J connectivity index is 1.68. The van der Waals surface area contributed by atoms with Crippen LogP contribution in [0.15, 0.2) is 29.2 Å². The summed E-state index contributed by atoms with van der Waals surface area (Å²) in [6, 6.07) is 4.07. The fourth-order valence-electron chi connectivity index (χ4n) is 3.30. The van der Waals surface area contributed by atoms with Crippen molar-refractivity contribution in [2.45, 2.75) is 37.6 Å². The summed E-state index contributed by atoms with van der Waals surface area (Å²) in [5, 5.41) is 0. The fourth-order valence-corrected chi connectivity index (χ4v) is 4.71. The van der Waals surface area contributed by atoms with Crippen LogP contribution in [0, 0.1) is 17.7 Å². The maximum atomic E-state index is 13.9. The molecule has 2 amide bonds. The lowest BCUT2D eigenvalue weighted by molar-refractivity contribution is -0.141. The van der Waals surface area contributed by atoms with Crippen molar-refractivity contribution >= 4 is 21.8 Å². The number of rotatable bonds is 6. The Labute approximate surface area is 164 Å². The van der Waals surface area contributed by atoms with Crippen molar-refractivity contribution in [1.29, 1.82) is 0 Å². The number of benzene rings is 1. The molecule has 1 heterocycles. The zero-order valence-corrected chi connectivity index (χ0v) is 16.9. The molecule has 0 spiro atoms. The zero-order valence-electron chi connectivity index (χ0n) is 16.1. The van der Waals surface area contributed by atoms with E-state index in [1.807, 2.05) is 0 Å². The number of hydrogen-bond donors (Lipinski definition) is 1. The van der Waals surface area contributed by atoms with Crippen molar-refractivity contribution in [1.82, 2.24) is 14.5 Å². The minimum Gasteiger partial charge on any atom is -0.339 e. The molecule has 2 fully saturated rings. The summed E-state index contributed by atoms with van der Waals surface area (Å²) in [6.07, 6.45) is 1.87. The van der Waals surface area contributed by atoms with Crippen LogP contribution in [0.1, 0.15) is 26.7 Å². The highest BCUT2D eigenvalue weighted by Crippen LogP contribution is 2.31. The van der Waals surface area contributed by atoms with Gasteiger partial charge in [-0.05, 0) is 30.9 Å². The molecule has 28 heavy (non-hydrogen) atoms. The Morgan fingerprint density at radius 3 is 2.18 bits per heavy atom. The molecule has 1 saturated carbocycles. The van der Waals surface area contributed by atoms with Crippen LogP contribution in [0.4, 0.5) is 4.39 Å². The highest BCUT2D eigenvalue weighted by molar-refractivity contribution is 7.89. The van der Waals surface area contributed by atoms with E-state index >= 15 is 0 Å². The lowest BCUT2D eigenvalue weighted by atomic mass is 10.0. The normalized spacial score (nSPS) is 19.0. The minimum atomic E-state index is -4.18. The largest absolute Gasteiger partial charge is 0.339 e. The van der Waals surface area contributed by atoms with Gasteiger partial charge in [0.05, 0.1) is 0 Å². The maximum Gasteiger partial charge on any atom is 0.244 e. The minimum absolute atomic E-state index is 0.137. The molecule has 3 rings (SSSR count). The summed E-state index contributed by atoms with van der Waals surface area (Å²) in [6.45, 7) is 5.10. The van der Waals surface area contributed by atoms with Gasteiger partial charge in [-0.15, -0.1) is 0 Å². The lowest BCUT2D eigenvalue weighted by Crippen LogP contribution is -2.57. The quantitative estimate of drug-likeness (QED) is 0.762. The number of nitrogens with zero attached hydrogens (tertiary/aromatic N) is 2. The summed E-state index contributed by atoms with van der Waals surface area (Å²) in [7, 11) is -4.18. The molecule has 2 aliphatic rings. The highest BCUT2D eigenvalue weighted by atomic mass is 32.2. The first-order valence-electron chi connectivity index (χ1n) is 9.55. The van der Waals surface area contributed by atoms with Gasteiger partial charge in [0.25, 0.3) is 0 Å². The van der Waals surface area contributed by atoms with E-state index in [1.165, 1.54) is 18.2 Å². The van der Waals surface area contributed by atoms with Crippen LogP contribution < -0.4 is 4.72 Å². The smallest absolute Gasteiger partial charge is 0.244 e. The summed E-state index contributed by atoms with van der Waals surface area (Å²) in [5.41, 5.74) is 0. The van der Waals surface area contributed by atoms with Gasteiger partial charge in [0.15, 0.2) is 0 Å². The average molecular weight is 411 g/mol. The lowest BCUT2D eigenvalue weighted by Gasteiger charge is -2.37. The SMILES string of the molecule is CC(C)[C@H](NS(=O)(=O)c1ccccc1F)C(=O)N1CCN(C(=O)C2CC2)CC1. The highest BCUT2D eigenvalue weighted by Gasteiger charge is 2.37. The van der Waals surface area contributed by atoms with Gasteiger partial charge in [0, 0.05) is 32.1 Å². The second-order valence-electron chi connectivity index (χ2n) is 7.70. The molecule has 1 aromatic rings. The van der Waals surface area contributed by atoms with Crippen LogP contribution in [0.25, 0.3) is 0 Å². The first-order valence-corrected chi connectivity index (χ1v) is 11.0. The van der Waals surface area contributed by atoms with Crippen LogP contribution in [-0.4, -0.2) is 62.3 Å². The summed E-state index contributed by atoms with van der Waals surface area (Å²) < 4.78 is 41.5. The van der Waals surface area contributed by atoms with E-state index in [0.717, 1.165) is 18.9 Å². The second kappa shape index (κ2) is 8.16. The number of hydrogen-bond acceptors (Lipinski definition) is 4. The molecule has 0 unspecified atom stereocenters. The third-order valence-corrected chi connectivity index (χ3v) is 6.64. The maximum absolute atomic E-state index is 13.9. The van der Waals surface area contributed by atoms with Gasteiger partial charge in [0.1, 0.15) is 16.8 Å². The van der Waals surface area contributed by atoms with Gasteiger partial charge in [0.2, 0.25) is 21.8 Å². The number of amides is 2. The van der Waals surface area contributed by atoms with Crippen molar-refractivity contribution in [2.75, 3.05) is 26.2 Å². The molecule has 0 bridgehead atoms. The number of carbonyl (C=O) groups is 2. The Kier molecular flexibility index (Phi) is 6.04. The molecule has 0 radical (unpaired) electrons. The molecule has 9 heteroatoms. The van der Waals surface area contributed by atoms with Gasteiger partial charge in [-0.1, -0.05) is 26.0 Å². The van der Waals surface area contributed by atoms with Crippen molar-refractivity contribution < 1.29 is 22.4 Å². The third kappa shape index (κ3) is 4.52. The van der Waals surface area contributed by atoms with Gasteiger partial charge < -0.3 is 9.80 Å². The Morgan fingerprint density at radius 1 is 1.07 bits per heavy atom. The van der Waals surface area contributed by atoms with E-state index in [4.69, 9.17) is 0 Å². The number of piperazine rings is 1. The molecule has 0 aromatic heterocycles. The van der Waals surface area contributed by atoms with Crippen molar-refractivity contribution in [2.24, 2.45) is 11.8 Å². The third-order valence-electron chi connectivity index (χ3n) is 5.17. The van der Waals surface area contributed by atoms with E-state index in [2.05, 4.69) is 4.72 Å². The first kappa shape index (κ1) is 20.7. The van der Waals surface area contributed by atoms with Crippen molar-refractivity contribution in [3.05, 3.63) is 30.1 Å². The fraction of sp³-hybridized carbons (Fsp3) is 0.579. The average Bonchev–Trinajstić information content (AvgIpc) is 3.50. The summed E-state index contributed by atoms with van der Waals surface area (Å²) in [4.78, 5) is 28.0. The second-order valence-corrected chi connectivity index (χ2v) is 9.38. The van der Waals surface area contributed by atoms with Crippen LogP contribution in [-0.2, 0) is 19.6 Å². The number of nitrogens with one attached hydrogen (secondary N) is 1. The predicted octanol–water partition coefficient (Wildman–Crippen LogP) is 1.21. The van der Waals surface area contributed by atoms with Crippen molar-refractivity contribution in [3.63, 3.8) is 0 Å². The van der Waals surface area contributed by atoms with Gasteiger partial charge in [-0.2, -0.15) is 4.72 Å². The predicted molar refractivity (Wildman–Crippen MR) is 101 cm³/mol. The van der Waals surface area contributed by atoms with Crippen LogP contribution in [0.2, 0.25) is 0 Å². The number of carbonyl (C=O) groups excluding carboxylic acids is 2. The molecule has 154 valence electrons. The monoisotopic (exact) mass is 411 g/mol. The zero-order chi connectivity index (χ0) is 20.5. The Morgan fingerprint density at radius 2 is 1.64 bits per heavy atom. The molecule has 1 aromatic carbocycles. The molecule has 1 saturated heterocycles. The standard InChI is InChI=1S/C19H26FN3O4S/c1-13(2)17(21-28(26,27)16-6-4-3-5-15(16)20)19(25)23-11-9-22(10-12-23)18(24)14-7-8-14/h3-6,13-14,17,21H,7-12H2,1-2H3/t17-/m0/s1. The molecule has 7 nitrogen and oxygen atoms in total. The van der Waals surface area contributed by atoms with E-state index in [0.29, 0.717) is 26.2 Å². The van der Waals surface area contributed by atoms with Gasteiger partial charge in [-0.3, -0.25) is 9.59 Å². The van der Waals surface area contributed by atoms with Crippen LogP contribution in [0.5, 0.6) is 0 Å². The molecular formula is C19H26FN3O4S. The summed E-state index contributed by atoms with van der Waals surface area (Å²) in [5.74, 6) is -1.25. The summed E-state index contributed by atoms with van der Waals surface area (Å²) >= 11 is 0. The van der Waals surface area contributed by atoms with Gasteiger partial charge >= 0.3 is 0 Å². The number of sulfonamides is 1. The first-order chi connectivity index (χ1) is 13.2. The molecule has 1 aliphatic carbocycles. The molecule has 1 atom stereocenters. The van der Waals surface area contributed by atoms with Crippen LogP contribution >= 0.6 is 0 Å². The van der Waals surface area contributed by atoms with Gasteiger partial charge in [-0.25, -0.2) is 12.8 Å². The number of halogens is 1. The van der Waals surface area contributed by atoms with Crippen molar-refractivity contribution in [3.8, 4) is 0 Å². The van der Waals surface area contributed by atoms with E-state index < -0.39 is 26.8 Å². The van der Waals surface area contributed by atoms with E-state index in [1.54, 1.807) is 23.6 Å². The topological polar surface area (TPSA) is 86.8 Å². The molecular weight excluding hydrogens is 385 g/mol. The molecule has 1 N–H and O–H groups in total. The Bertz CT molecular complexity index is 846. The van der Waals surface area contributed by atoms with Crippen LogP contribution in [0.3, 0.4) is 0 Å². The van der Waals surface area contributed by atoms with E-state index in [9.17, 15) is 22.4 Å². The Hall–Kier alpha value is -2.00. The van der Waals surface area contributed by atoms with E-state index in [-0.39, 0.29) is 23.7 Å². The molecule has 1 aliphatic heterocycles.